The Labute approximate surface area is 111 Å². The zero-order valence-electron chi connectivity index (χ0n) is 9.99. The van der Waals surface area contributed by atoms with Gasteiger partial charge in [-0.3, -0.25) is 0 Å². The zero-order chi connectivity index (χ0) is 12.8. The molecule has 0 amide bonds. The second kappa shape index (κ2) is 4.30. The Morgan fingerprint density at radius 2 is 2.00 bits per heavy atom. The average molecular weight is 270 g/mol. The normalized spacial score (nSPS) is 30.5. The fourth-order valence-corrected chi connectivity index (χ4v) is 2.93. The summed E-state index contributed by atoms with van der Waals surface area (Å²) in [4.78, 5) is 0. The minimum Gasteiger partial charge on any atom is -0.454 e. The van der Waals surface area contributed by atoms with Crippen LogP contribution in [0, 0.1) is 0 Å². The van der Waals surface area contributed by atoms with E-state index in [9.17, 15) is 5.11 Å². The molecule has 98 valence electrons. The van der Waals surface area contributed by atoms with Gasteiger partial charge in [0.2, 0.25) is 6.79 Å². The van der Waals surface area contributed by atoms with Crippen molar-refractivity contribution in [2.24, 2.45) is 5.73 Å². The van der Waals surface area contributed by atoms with Gasteiger partial charge in [-0.2, -0.15) is 0 Å². The summed E-state index contributed by atoms with van der Waals surface area (Å²) in [6, 6.07) is 3.76. The van der Waals surface area contributed by atoms with Crippen molar-refractivity contribution in [1.29, 1.82) is 0 Å². The first-order chi connectivity index (χ1) is 8.58. The summed E-state index contributed by atoms with van der Waals surface area (Å²) in [5.74, 6) is 1.26. The van der Waals surface area contributed by atoms with Gasteiger partial charge in [-0.15, -0.1) is 0 Å². The Morgan fingerprint density at radius 3 is 2.72 bits per heavy atom. The Morgan fingerprint density at radius 1 is 1.28 bits per heavy atom. The first-order valence-corrected chi connectivity index (χ1v) is 6.53. The van der Waals surface area contributed by atoms with Gasteiger partial charge in [0, 0.05) is 5.54 Å². The SMILES string of the molecule is NC1(c2cc(Cl)c3c(c2)OCO3)CCC(O)CC1. The van der Waals surface area contributed by atoms with E-state index in [1.165, 1.54) is 0 Å². The lowest BCUT2D eigenvalue weighted by atomic mass is 9.76. The summed E-state index contributed by atoms with van der Waals surface area (Å²) in [7, 11) is 0. The lowest BCUT2D eigenvalue weighted by Crippen LogP contribution is -2.41. The monoisotopic (exact) mass is 269 g/mol. The molecule has 1 aliphatic carbocycles. The summed E-state index contributed by atoms with van der Waals surface area (Å²) in [5.41, 5.74) is 6.97. The van der Waals surface area contributed by atoms with Crippen LogP contribution in [0.4, 0.5) is 0 Å². The van der Waals surface area contributed by atoms with Gasteiger partial charge in [0.15, 0.2) is 11.5 Å². The molecule has 2 aliphatic rings. The third-order valence-corrected chi connectivity index (χ3v) is 4.13. The van der Waals surface area contributed by atoms with Crippen molar-refractivity contribution in [3.05, 3.63) is 22.7 Å². The standard InChI is InChI=1S/C13H16ClNO3/c14-10-5-8(6-11-12(10)18-7-17-11)13(15)3-1-9(16)2-4-13/h5-6,9,16H,1-4,7,15H2. The van der Waals surface area contributed by atoms with Crippen LogP contribution >= 0.6 is 11.6 Å². The zero-order valence-corrected chi connectivity index (χ0v) is 10.7. The predicted molar refractivity (Wildman–Crippen MR) is 67.9 cm³/mol. The fourth-order valence-electron chi connectivity index (χ4n) is 2.66. The number of fused-ring (bicyclic) bond motifs is 1. The van der Waals surface area contributed by atoms with Gasteiger partial charge < -0.3 is 20.3 Å². The number of aliphatic hydroxyl groups excluding tert-OH is 1. The Bertz CT molecular complexity index is 470. The van der Waals surface area contributed by atoms with E-state index in [1.807, 2.05) is 12.1 Å². The largest absolute Gasteiger partial charge is 0.454 e. The van der Waals surface area contributed by atoms with Crippen LogP contribution in [0.25, 0.3) is 0 Å². The van der Waals surface area contributed by atoms with Gasteiger partial charge in [-0.1, -0.05) is 11.6 Å². The molecule has 0 unspecified atom stereocenters. The van der Waals surface area contributed by atoms with Crippen molar-refractivity contribution >= 4 is 11.6 Å². The molecule has 1 aromatic carbocycles. The molecule has 0 aromatic heterocycles. The van der Waals surface area contributed by atoms with Crippen molar-refractivity contribution in [2.45, 2.75) is 37.3 Å². The lowest BCUT2D eigenvalue weighted by Gasteiger charge is -2.36. The molecule has 3 N–H and O–H groups in total. The molecular weight excluding hydrogens is 254 g/mol. The minimum absolute atomic E-state index is 0.203. The van der Waals surface area contributed by atoms with E-state index < -0.39 is 5.54 Å². The molecule has 1 aliphatic heterocycles. The van der Waals surface area contributed by atoms with E-state index in [0.29, 0.717) is 16.5 Å². The van der Waals surface area contributed by atoms with E-state index in [4.69, 9.17) is 26.8 Å². The topological polar surface area (TPSA) is 64.7 Å². The van der Waals surface area contributed by atoms with Crippen molar-refractivity contribution in [2.75, 3.05) is 6.79 Å². The molecule has 5 heteroatoms. The van der Waals surface area contributed by atoms with Crippen molar-refractivity contribution < 1.29 is 14.6 Å². The highest BCUT2D eigenvalue weighted by molar-refractivity contribution is 6.32. The van der Waals surface area contributed by atoms with Gasteiger partial charge in [-0.05, 0) is 43.4 Å². The first-order valence-electron chi connectivity index (χ1n) is 6.15. The molecule has 0 atom stereocenters. The highest BCUT2D eigenvalue weighted by atomic mass is 35.5. The Kier molecular flexibility index (Phi) is 2.88. The second-order valence-corrected chi connectivity index (χ2v) is 5.49. The van der Waals surface area contributed by atoms with E-state index >= 15 is 0 Å². The van der Waals surface area contributed by atoms with Crippen LogP contribution < -0.4 is 15.2 Å². The van der Waals surface area contributed by atoms with Gasteiger partial charge in [0.1, 0.15) is 0 Å². The number of halogens is 1. The molecule has 1 saturated carbocycles. The van der Waals surface area contributed by atoms with Crippen molar-refractivity contribution in [3.63, 3.8) is 0 Å². The Hall–Kier alpha value is -0.970. The number of hydrogen-bond acceptors (Lipinski definition) is 4. The highest BCUT2D eigenvalue weighted by Crippen LogP contribution is 2.44. The molecule has 1 heterocycles. The number of benzene rings is 1. The van der Waals surface area contributed by atoms with Crippen molar-refractivity contribution in [3.8, 4) is 11.5 Å². The van der Waals surface area contributed by atoms with Gasteiger partial charge in [0.05, 0.1) is 11.1 Å². The summed E-state index contributed by atoms with van der Waals surface area (Å²) in [6.07, 6.45) is 2.73. The van der Waals surface area contributed by atoms with Crippen molar-refractivity contribution in [1.82, 2.24) is 0 Å². The summed E-state index contributed by atoms with van der Waals surface area (Å²) < 4.78 is 10.7. The third-order valence-electron chi connectivity index (χ3n) is 3.85. The van der Waals surface area contributed by atoms with Gasteiger partial charge in [-0.25, -0.2) is 0 Å². The average Bonchev–Trinajstić information content (AvgIpc) is 2.82. The number of aliphatic hydroxyl groups is 1. The van der Waals surface area contributed by atoms with Gasteiger partial charge >= 0.3 is 0 Å². The minimum atomic E-state index is -0.427. The van der Waals surface area contributed by atoms with Gasteiger partial charge in [0.25, 0.3) is 0 Å². The summed E-state index contributed by atoms with van der Waals surface area (Å²) in [5, 5.41) is 10.1. The van der Waals surface area contributed by atoms with E-state index in [0.717, 1.165) is 31.2 Å². The molecular formula is C13H16ClNO3. The molecule has 1 fully saturated rings. The molecule has 1 aromatic rings. The smallest absolute Gasteiger partial charge is 0.231 e. The van der Waals surface area contributed by atoms with Crippen LogP contribution in [-0.2, 0) is 5.54 Å². The quantitative estimate of drug-likeness (QED) is 0.820. The number of nitrogens with two attached hydrogens (primary N) is 1. The summed E-state index contributed by atoms with van der Waals surface area (Å²) in [6.45, 7) is 0.203. The van der Waals surface area contributed by atoms with Crippen LogP contribution in [0.5, 0.6) is 11.5 Å². The number of rotatable bonds is 1. The molecule has 0 spiro atoms. The van der Waals surface area contributed by atoms with Crippen LogP contribution in [0.1, 0.15) is 31.2 Å². The second-order valence-electron chi connectivity index (χ2n) is 5.08. The number of ether oxygens (including phenoxy) is 2. The molecule has 0 saturated heterocycles. The van der Waals surface area contributed by atoms with E-state index in [1.54, 1.807) is 0 Å². The van der Waals surface area contributed by atoms with Crippen LogP contribution in [0.2, 0.25) is 5.02 Å². The van der Waals surface area contributed by atoms with Crippen LogP contribution in [0.15, 0.2) is 12.1 Å². The maximum atomic E-state index is 9.57. The maximum absolute atomic E-state index is 9.57. The molecule has 18 heavy (non-hydrogen) atoms. The van der Waals surface area contributed by atoms with Crippen LogP contribution in [0.3, 0.4) is 0 Å². The molecule has 0 bridgehead atoms. The maximum Gasteiger partial charge on any atom is 0.231 e. The molecule has 3 rings (SSSR count). The lowest BCUT2D eigenvalue weighted by molar-refractivity contribution is 0.0968. The Balaban J connectivity index is 1.95. The molecule has 4 nitrogen and oxygen atoms in total. The number of hydrogen-bond donors (Lipinski definition) is 2. The fraction of sp³-hybridized carbons (Fsp3) is 0.538. The highest BCUT2D eigenvalue weighted by Gasteiger charge is 2.34. The predicted octanol–water partition coefficient (Wildman–Crippen LogP) is 2.16. The first kappa shape index (κ1) is 12.1. The third kappa shape index (κ3) is 1.94. The van der Waals surface area contributed by atoms with E-state index in [-0.39, 0.29) is 12.9 Å². The molecule has 0 radical (unpaired) electrons. The van der Waals surface area contributed by atoms with Crippen LogP contribution in [-0.4, -0.2) is 18.0 Å². The summed E-state index contributed by atoms with van der Waals surface area (Å²) >= 11 is 6.17. The van der Waals surface area contributed by atoms with E-state index in [2.05, 4.69) is 0 Å².